The fourth-order valence-electron chi connectivity index (χ4n) is 2.08. The molecule has 2 N–H and O–H groups in total. The molecule has 4 nitrogen and oxygen atoms in total. The molecular weight excluding hydrogens is 262 g/mol. The lowest BCUT2D eigenvalue weighted by Crippen LogP contribution is -2.02. The highest BCUT2D eigenvalue weighted by molar-refractivity contribution is 5.81. The minimum absolute atomic E-state index is 0.343. The van der Waals surface area contributed by atoms with Gasteiger partial charge in [-0.05, 0) is 36.4 Å². The zero-order valence-electron chi connectivity index (χ0n) is 11.3. The average Bonchev–Trinajstić information content (AvgIpc) is 2.53. The van der Waals surface area contributed by atoms with E-state index in [-0.39, 0.29) is 0 Å². The van der Waals surface area contributed by atoms with Crippen LogP contribution >= 0.6 is 0 Å². The van der Waals surface area contributed by atoms with E-state index < -0.39 is 0 Å². The van der Waals surface area contributed by atoms with Gasteiger partial charge in [0.2, 0.25) is 0 Å². The summed E-state index contributed by atoms with van der Waals surface area (Å²) in [6.07, 6.45) is 0. The lowest BCUT2D eigenvalue weighted by atomic mass is 10.1. The molecule has 0 bridgehead atoms. The molecule has 0 saturated heterocycles. The van der Waals surface area contributed by atoms with Crippen molar-refractivity contribution in [3.05, 3.63) is 65.7 Å². The number of aromatic nitrogens is 1. The predicted octanol–water partition coefficient (Wildman–Crippen LogP) is 3.27. The molecule has 0 amide bonds. The second-order valence-electron chi connectivity index (χ2n) is 4.65. The van der Waals surface area contributed by atoms with Gasteiger partial charge < -0.3 is 10.5 Å². The van der Waals surface area contributed by atoms with Crippen molar-refractivity contribution in [3.8, 4) is 11.8 Å². The van der Waals surface area contributed by atoms with E-state index in [0.717, 1.165) is 16.5 Å². The van der Waals surface area contributed by atoms with E-state index in [1.165, 1.54) is 0 Å². The summed E-state index contributed by atoms with van der Waals surface area (Å²) in [5.74, 6) is 1.17. The predicted molar refractivity (Wildman–Crippen MR) is 81.6 cm³/mol. The molecule has 2 aromatic carbocycles. The largest absolute Gasteiger partial charge is 0.489 e. The third-order valence-electron chi connectivity index (χ3n) is 3.21. The van der Waals surface area contributed by atoms with E-state index in [2.05, 4.69) is 11.1 Å². The molecule has 0 aliphatic heterocycles. The van der Waals surface area contributed by atoms with Crippen LogP contribution < -0.4 is 10.5 Å². The first-order valence-corrected chi connectivity index (χ1v) is 6.53. The van der Waals surface area contributed by atoms with E-state index in [4.69, 9.17) is 15.7 Å². The summed E-state index contributed by atoms with van der Waals surface area (Å²) in [5, 5.41) is 9.79. The van der Waals surface area contributed by atoms with Gasteiger partial charge in [-0.2, -0.15) is 5.26 Å². The average molecular weight is 275 g/mol. The van der Waals surface area contributed by atoms with Gasteiger partial charge in [-0.1, -0.05) is 18.2 Å². The Morgan fingerprint density at radius 2 is 1.86 bits per heavy atom. The van der Waals surface area contributed by atoms with Gasteiger partial charge >= 0.3 is 0 Å². The van der Waals surface area contributed by atoms with Gasteiger partial charge in [0, 0.05) is 10.9 Å². The molecule has 3 rings (SSSR count). The van der Waals surface area contributed by atoms with Crippen molar-refractivity contribution in [3.63, 3.8) is 0 Å². The fourth-order valence-corrected chi connectivity index (χ4v) is 2.08. The number of nitrogen functional groups attached to an aromatic ring is 1. The summed E-state index contributed by atoms with van der Waals surface area (Å²) in [4.78, 5) is 4.37. The standard InChI is InChI=1S/C17H13N3O/c18-10-12-5-7-15(8-6-12)21-11-14-9-13-3-1-2-4-16(13)20-17(14)19/h1-9H,11H2,(H2,19,20). The third-order valence-corrected chi connectivity index (χ3v) is 3.21. The van der Waals surface area contributed by atoms with Gasteiger partial charge in [0.15, 0.2) is 0 Å². The van der Waals surface area contributed by atoms with Gasteiger partial charge in [0.05, 0.1) is 17.1 Å². The summed E-state index contributed by atoms with van der Waals surface area (Å²) in [5.41, 5.74) is 8.29. The van der Waals surface area contributed by atoms with Gasteiger partial charge in [-0.3, -0.25) is 0 Å². The topological polar surface area (TPSA) is 71.9 Å². The summed E-state index contributed by atoms with van der Waals surface area (Å²) in [6.45, 7) is 0.343. The minimum atomic E-state index is 0.343. The molecule has 1 heterocycles. The number of nitrogens with zero attached hydrogens (tertiary/aromatic N) is 2. The van der Waals surface area contributed by atoms with E-state index in [1.807, 2.05) is 30.3 Å². The summed E-state index contributed by atoms with van der Waals surface area (Å²) in [6, 6.07) is 18.8. The Hall–Kier alpha value is -3.06. The molecule has 3 aromatic rings. The van der Waals surface area contributed by atoms with Gasteiger partial charge in [-0.15, -0.1) is 0 Å². The Bertz CT molecular complexity index is 820. The van der Waals surface area contributed by atoms with Gasteiger partial charge in [0.25, 0.3) is 0 Å². The molecule has 0 saturated carbocycles. The number of nitriles is 1. The zero-order chi connectivity index (χ0) is 14.7. The van der Waals surface area contributed by atoms with Crippen LogP contribution in [0.5, 0.6) is 5.75 Å². The number of fused-ring (bicyclic) bond motifs is 1. The highest BCUT2D eigenvalue weighted by atomic mass is 16.5. The number of ether oxygens (including phenoxy) is 1. The normalized spacial score (nSPS) is 10.2. The number of hydrogen-bond donors (Lipinski definition) is 1. The van der Waals surface area contributed by atoms with Crippen LogP contribution in [0.4, 0.5) is 5.82 Å². The molecule has 0 aliphatic rings. The number of hydrogen-bond acceptors (Lipinski definition) is 4. The molecule has 4 heteroatoms. The van der Waals surface area contributed by atoms with Crippen molar-refractivity contribution in [2.75, 3.05) is 5.73 Å². The van der Waals surface area contributed by atoms with Crippen LogP contribution in [-0.4, -0.2) is 4.98 Å². The summed E-state index contributed by atoms with van der Waals surface area (Å²) in [7, 11) is 0. The monoisotopic (exact) mass is 275 g/mol. The number of anilines is 1. The van der Waals surface area contributed by atoms with Gasteiger partial charge in [-0.25, -0.2) is 4.98 Å². The quantitative estimate of drug-likeness (QED) is 0.796. The smallest absolute Gasteiger partial charge is 0.130 e. The highest BCUT2D eigenvalue weighted by Gasteiger charge is 2.05. The summed E-state index contributed by atoms with van der Waals surface area (Å²) < 4.78 is 5.69. The first-order valence-electron chi connectivity index (χ1n) is 6.53. The van der Waals surface area contributed by atoms with Crippen molar-refractivity contribution in [2.24, 2.45) is 0 Å². The zero-order valence-corrected chi connectivity index (χ0v) is 11.3. The number of rotatable bonds is 3. The molecule has 1 aromatic heterocycles. The first-order chi connectivity index (χ1) is 10.3. The SMILES string of the molecule is N#Cc1ccc(OCc2cc3ccccc3nc2N)cc1. The molecular formula is C17H13N3O. The maximum Gasteiger partial charge on any atom is 0.130 e. The molecule has 0 unspecified atom stereocenters. The maximum absolute atomic E-state index is 8.76. The van der Waals surface area contributed by atoms with Crippen molar-refractivity contribution in [1.29, 1.82) is 5.26 Å². The van der Waals surface area contributed by atoms with E-state index in [9.17, 15) is 0 Å². The minimum Gasteiger partial charge on any atom is -0.489 e. The third kappa shape index (κ3) is 2.77. The van der Waals surface area contributed by atoms with E-state index >= 15 is 0 Å². The molecule has 102 valence electrons. The van der Waals surface area contributed by atoms with Crippen molar-refractivity contribution < 1.29 is 4.74 Å². The molecule has 0 fully saturated rings. The maximum atomic E-state index is 8.76. The Labute approximate surface area is 122 Å². The van der Waals surface area contributed by atoms with E-state index in [0.29, 0.717) is 23.7 Å². The van der Waals surface area contributed by atoms with Gasteiger partial charge in [0.1, 0.15) is 18.2 Å². The first kappa shape index (κ1) is 12.9. The van der Waals surface area contributed by atoms with Crippen LogP contribution in [0.25, 0.3) is 10.9 Å². The number of nitrogens with two attached hydrogens (primary N) is 1. The highest BCUT2D eigenvalue weighted by Crippen LogP contribution is 2.20. The lowest BCUT2D eigenvalue weighted by molar-refractivity contribution is 0.306. The van der Waals surface area contributed by atoms with Crippen LogP contribution in [0.15, 0.2) is 54.6 Å². The van der Waals surface area contributed by atoms with Crippen LogP contribution in [0.1, 0.15) is 11.1 Å². The molecule has 21 heavy (non-hydrogen) atoms. The molecule has 0 atom stereocenters. The molecule has 0 radical (unpaired) electrons. The van der Waals surface area contributed by atoms with Crippen LogP contribution in [-0.2, 0) is 6.61 Å². The molecule has 0 aliphatic carbocycles. The number of para-hydroxylation sites is 1. The second-order valence-corrected chi connectivity index (χ2v) is 4.65. The summed E-state index contributed by atoms with van der Waals surface area (Å²) >= 11 is 0. The number of benzene rings is 2. The molecule has 0 spiro atoms. The van der Waals surface area contributed by atoms with Crippen LogP contribution in [0.2, 0.25) is 0 Å². The van der Waals surface area contributed by atoms with Crippen molar-refractivity contribution in [2.45, 2.75) is 6.61 Å². The fraction of sp³-hybridized carbons (Fsp3) is 0.0588. The second kappa shape index (κ2) is 5.51. The lowest BCUT2D eigenvalue weighted by Gasteiger charge is -2.09. The Kier molecular flexibility index (Phi) is 3.40. The van der Waals surface area contributed by atoms with Crippen molar-refractivity contribution >= 4 is 16.7 Å². The van der Waals surface area contributed by atoms with Crippen LogP contribution in [0.3, 0.4) is 0 Å². The Balaban J connectivity index is 1.81. The number of pyridine rings is 1. The Morgan fingerprint density at radius 1 is 1.10 bits per heavy atom. The Morgan fingerprint density at radius 3 is 2.62 bits per heavy atom. The van der Waals surface area contributed by atoms with Crippen LogP contribution in [0, 0.1) is 11.3 Å². The van der Waals surface area contributed by atoms with Crippen molar-refractivity contribution in [1.82, 2.24) is 4.98 Å². The van der Waals surface area contributed by atoms with E-state index in [1.54, 1.807) is 24.3 Å².